The van der Waals surface area contributed by atoms with Gasteiger partial charge in [-0.3, -0.25) is 4.79 Å². The minimum absolute atomic E-state index is 0.00398. The number of rotatable bonds is 4. The summed E-state index contributed by atoms with van der Waals surface area (Å²) in [5, 5.41) is 19.0. The Bertz CT molecular complexity index is 476. The van der Waals surface area contributed by atoms with E-state index in [0.29, 0.717) is 5.56 Å². The van der Waals surface area contributed by atoms with Crippen LogP contribution >= 0.6 is 0 Å². The lowest BCUT2D eigenvalue weighted by Crippen LogP contribution is -2.23. The maximum atomic E-state index is 10.9. The molecule has 1 fully saturated rings. The Morgan fingerprint density at radius 2 is 1.95 bits per heavy atom. The van der Waals surface area contributed by atoms with Gasteiger partial charge < -0.3 is 15.1 Å². The molecule has 2 N–H and O–H groups in total. The average Bonchev–Trinajstić information content (AvgIpc) is 2.81. The number of hydrogen-bond donors (Lipinski definition) is 2. The molecular weight excluding hydrogens is 242 g/mol. The van der Waals surface area contributed by atoms with Crippen LogP contribution in [0.25, 0.3) is 0 Å². The van der Waals surface area contributed by atoms with E-state index in [-0.39, 0.29) is 12.2 Å². The van der Waals surface area contributed by atoms with E-state index in [2.05, 4.69) is 4.90 Å². The largest absolute Gasteiger partial charge is 0.508 e. The summed E-state index contributed by atoms with van der Waals surface area (Å²) in [6, 6.07) is 5.51. The Morgan fingerprint density at radius 3 is 2.53 bits per heavy atom. The number of carboxylic acid groups (broad SMARTS) is 1. The van der Waals surface area contributed by atoms with Gasteiger partial charge in [0.1, 0.15) is 5.75 Å². The molecule has 0 aromatic heterocycles. The van der Waals surface area contributed by atoms with Gasteiger partial charge in [0.25, 0.3) is 0 Å². The van der Waals surface area contributed by atoms with Crippen LogP contribution in [0.1, 0.15) is 38.7 Å². The van der Waals surface area contributed by atoms with Gasteiger partial charge in [-0.1, -0.05) is 13.8 Å². The van der Waals surface area contributed by atoms with Crippen LogP contribution in [0.3, 0.4) is 0 Å². The second kappa shape index (κ2) is 5.11. The number of carboxylic acids is 1. The van der Waals surface area contributed by atoms with Gasteiger partial charge in [0.2, 0.25) is 0 Å². The van der Waals surface area contributed by atoms with E-state index in [1.54, 1.807) is 6.07 Å². The van der Waals surface area contributed by atoms with Crippen LogP contribution in [0.2, 0.25) is 0 Å². The van der Waals surface area contributed by atoms with Crippen molar-refractivity contribution in [3.8, 4) is 5.75 Å². The zero-order valence-electron chi connectivity index (χ0n) is 11.5. The molecule has 0 radical (unpaired) electrons. The van der Waals surface area contributed by atoms with E-state index in [1.807, 2.05) is 26.0 Å². The maximum Gasteiger partial charge on any atom is 0.304 e. The molecule has 4 nitrogen and oxygen atoms in total. The zero-order valence-corrected chi connectivity index (χ0v) is 11.5. The van der Waals surface area contributed by atoms with Crippen LogP contribution in [-0.4, -0.2) is 29.3 Å². The molecule has 1 saturated heterocycles. The Balaban J connectivity index is 2.33. The molecule has 0 amide bonds. The van der Waals surface area contributed by atoms with Crippen LogP contribution in [0.15, 0.2) is 18.2 Å². The average molecular weight is 263 g/mol. The van der Waals surface area contributed by atoms with Crippen LogP contribution < -0.4 is 4.90 Å². The quantitative estimate of drug-likeness (QED) is 0.877. The number of aliphatic carboxylic acids is 1. The fourth-order valence-electron chi connectivity index (χ4n) is 2.71. The first kappa shape index (κ1) is 13.7. The Labute approximate surface area is 113 Å². The van der Waals surface area contributed by atoms with Crippen molar-refractivity contribution in [2.75, 3.05) is 18.0 Å². The van der Waals surface area contributed by atoms with Crippen molar-refractivity contribution in [1.29, 1.82) is 0 Å². The first-order valence-corrected chi connectivity index (χ1v) is 6.70. The van der Waals surface area contributed by atoms with Crippen molar-refractivity contribution in [3.63, 3.8) is 0 Å². The standard InChI is InChI=1S/C15H21NO3/c1-15(2,10-14(18)19)12-9-11(5-6-13(12)17)16-7-3-4-8-16/h5-6,9,17H,3-4,7-8,10H2,1-2H3,(H,18,19). The molecule has 0 saturated carbocycles. The summed E-state index contributed by atoms with van der Waals surface area (Å²) in [6.07, 6.45) is 2.38. The molecule has 4 heteroatoms. The number of hydrogen-bond acceptors (Lipinski definition) is 3. The summed E-state index contributed by atoms with van der Waals surface area (Å²) in [5.41, 5.74) is 1.20. The minimum atomic E-state index is -0.851. The van der Waals surface area contributed by atoms with E-state index < -0.39 is 11.4 Å². The summed E-state index contributed by atoms with van der Waals surface area (Å²) < 4.78 is 0. The Kier molecular flexibility index (Phi) is 3.69. The first-order chi connectivity index (χ1) is 8.90. The second-order valence-corrected chi connectivity index (χ2v) is 5.85. The van der Waals surface area contributed by atoms with Gasteiger partial charge in [-0.15, -0.1) is 0 Å². The molecule has 0 aliphatic carbocycles. The van der Waals surface area contributed by atoms with E-state index in [4.69, 9.17) is 5.11 Å². The summed E-state index contributed by atoms with van der Waals surface area (Å²) in [7, 11) is 0. The summed E-state index contributed by atoms with van der Waals surface area (Å²) in [5.74, 6) is -0.676. The van der Waals surface area contributed by atoms with Crippen molar-refractivity contribution in [2.45, 2.75) is 38.5 Å². The molecular formula is C15H21NO3. The molecule has 0 unspecified atom stereocenters. The number of anilines is 1. The third-order valence-electron chi connectivity index (χ3n) is 3.77. The Hall–Kier alpha value is -1.71. The predicted octanol–water partition coefficient (Wildman–Crippen LogP) is 2.74. The van der Waals surface area contributed by atoms with Gasteiger partial charge in [0.05, 0.1) is 6.42 Å². The van der Waals surface area contributed by atoms with Crippen molar-refractivity contribution in [1.82, 2.24) is 0 Å². The van der Waals surface area contributed by atoms with Crippen LogP contribution in [0, 0.1) is 0 Å². The molecule has 0 spiro atoms. The van der Waals surface area contributed by atoms with Crippen molar-refractivity contribution < 1.29 is 15.0 Å². The van der Waals surface area contributed by atoms with E-state index in [1.165, 1.54) is 12.8 Å². The van der Waals surface area contributed by atoms with Gasteiger partial charge in [-0.25, -0.2) is 0 Å². The van der Waals surface area contributed by atoms with E-state index >= 15 is 0 Å². The topological polar surface area (TPSA) is 60.8 Å². The molecule has 2 rings (SSSR count). The fraction of sp³-hybridized carbons (Fsp3) is 0.533. The number of aromatic hydroxyl groups is 1. The highest BCUT2D eigenvalue weighted by Gasteiger charge is 2.28. The smallest absolute Gasteiger partial charge is 0.304 e. The highest BCUT2D eigenvalue weighted by molar-refractivity contribution is 5.69. The third-order valence-corrected chi connectivity index (χ3v) is 3.77. The molecule has 0 atom stereocenters. The second-order valence-electron chi connectivity index (χ2n) is 5.85. The number of phenolic OH excluding ortho intramolecular Hbond substituents is 1. The normalized spacial score (nSPS) is 15.8. The molecule has 1 aromatic carbocycles. The highest BCUT2D eigenvalue weighted by Crippen LogP contribution is 2.37. The molecule has 1 heterocycles. The summed E-state index contributed by atoms with van der Waals surface area (Å²) >= 11 is 0. The molecule has 1 aliphatic rings. The maximum absolute atomic E-state index is 10.9. The fourth-order valence-corrected chi connectivity index (χ4v) is 2.71. The molecule has 0 bridgehead atoms. The van der Waals surface area contributed by atoms with Gasteiger partial charge in [-0.2, -0.15) is 0 Å². The highest BCUT2D eigenvalue weighted by atomic mass is 16.4. The van der Waals surface area contributed by atoms with Crippen molar-refractivity contribution in [3.05, 3.63) is 23.8 Å². The van der Waals surface area contributed by atoms with Crippen LogP contribution in [0.5, 0.6) is 5.75 Å². The lowest BCUT2D eigenvalue weighted by molar-refractivity contribution is -0.138. The molecule has 1 aromatic rings. The van der Waals surface area contributed by atoms with E-state index in [9.17, 15) is 9.90 Å². The Morgan fingerprint density at radius 1 is 1.32 bits per heavy atom. The van der Waals surface area contributed by atoms with Crippen molar-refractivity contribution in [2.24, 2.45) is 0 Å². The predicted molar refractivity (Wildman–Crippen MR) is 74.8 cm³/mol. The lowest BCUT2D eigenvalue weighted by atomic mass is 9.81. The number of phenols is 1. The third kappa shape index (κ3) is 3.00. The molecule has 1 aliphatic heterocycles. The van der Waals surface area contributed by atoms with Gasteiger partial charge in [0, 0.05) is 29.8 Å². The van der Waals surface area contributed by atoms with E-state index in [0.717, 1.165) is 18.8 Å². The number of carbonyl (C=O) groups is 1. The van der Waals surface area contributed by atoms with Crippen molar-refractivity contribution >= 4 is 11.7 Å². The SMILES string of the molecule is CC(C)(CC(=O)O)c1cc(N2CCCC2)ccc1O. The lowest BCUT2D eigenvalue weighted by Gasteiger charge is -2.26. The number of benzene rings is 1. The van der Waals surface area contributed by atoms with Crippen LogP contribution in [0.4, 0.5) is 5.69 Å². The number of nitrogens with zero attached hydrogens (tertiary/aromatic N) is 1. The summed E-state index contributed by atoms with van der Waals surface area (Å²) in [4.78, 5) is 13.2. The van der Waals surface area contributed by atoms with Gasteiger partial charge >= 0.3 is 5.97 Å². The molecule has 104 valence electrons. The molecule has 19 heavy (non-hydrogen) atoms. The first-order valence-electron chi connectivity index (χ1n) is 6.70. The van der Waals surface area contributed by atoms with Crippen LogP contribution in [-0.2, 0) is 10.2 Å². The van der Waals surface area contributed by atoms with Gasteiger partial charge in [-0.05, 0) is 31.0 Å². The monoisotopic (exact) mass is 263 g/mol. The summed E-state index contributed by atoms with van der Waals surface area (Å²) in [6.45, 7) is 5.76. The zero-order chi connectivity index (χ0) is 14.0. The van der Waals surface area contributed by atoms with Gasteiger partial charge in [0.15, 0.2) is 0 Å². The minimum Gasteiger partial charge on any atom is -0.508 e.